The molecule has 6 heteroatoms. The highest BCUT2D eigenvalue weighted by Crippen LogP contribution is 2.21. The first kappa shape index (κ1) is 22.0. The summed E-state index contributed by atoms with van der Waals surface area (Å²) in [4.78, 5) is 4.38. The van der Waals surface area contributed by atoms with Gasteiger partial charge in [0.2, 0.25) is 0 Å². The highest BCUT2D eigenvalue weighted by atomic mass is 16.5. The molecule has 0 unspecified atom stereocenters. The molecule has 4 aromatic rings. The van der Waals surface area contributed by atoms with Gasteiger partial charge >= 0.3 is 0 Å². The number of hydrazone groups is 1. The number of rotatable bonds is 8. The molecule has 0 aliphatic rings. The van der Waals surface area contributed by atoms with Crippen molar-refractivity contribution in [3.63, 3.8) is 0 Å². The first-order chi connectivity index (χ1) is 16.2. The number of aryl methyl sites for hydroxylation is 1. The maximum Gasteiger partial charge on any atom is 0.164 e. The largest absolute Gasteiger partial charge is 0.489 e. The summed E-state index contributed by atoms with van der Waals surface area (Å²) in [5.41, 5.74) is 6.91. The van der Waals surface area contributed by atoms with Gasteiger partial charge in [0.05, 0.1) is 12.8 Å². The van der Waals surface area contributed by atoms with Crippen molar-refractivity contribution >= 4 is 22.8 Å². The molecule has 6 nitrogen and oxygen atoms in total. The summed E-state index contributed by atoms with van der Waals surface area (Å²) in [5.74, 6) is 1.19. The lowest BCUT2D eigenvalue weighted by Gasteiger charge is -2.10. The Bertz CT molecular complexity index is 1320. The number of methoxy groups -OCH3 is 1. The fourth-order valence-corrected chi connectivity index (χ4v) is 3.61. The second-order valence-corrected chi connectivity index (χ2v) is 7.56. The van der Waals surface area contributed by atoms with Crippen molar-refractivity contribution in [3.8, 4) is 11.8 Å². The van der Waals surface area contributed by atoms with E-state index >= 15 is 0 Å². The van der Waals surface area contributed by atoms with Crippen molar-refractivity contribution in [2.45, 2.75) is 20.1 Å². The van der Waals surface area contributed by atoms with Crippen LogP contribution in [0.1, 0.15) is 27.9 Å². The molecule has 3 aromatic carbocycles. The lowest BCUT2D eigenvalue weighted by molar-refractivity contribution is 0.184. The number of hydrogen-bond acceptors (Lipinski definition) is 6. The van der Waals surface area contributed by atoms with E-state index in [-0.39, 0.29) is 0 Å². The quantitative estimate of drug-likeness (QED) is 0.288. The molecule has 0 saturated carbocycles. The molecule has 1 aromatic heterocycles. The fourth-order valence-electron chi connectivity index (χ4n) is 3.61. The van der Waals surface area contributed by atoms with Crippen molar-refractivity contribution < 1.29 is 9.47 Å². The van der Waals surface area contributed by atoms with Gasteiger partial charge in [-0.25, -0.2) is 4.98 Å². The highest BCUT2D eigenvalue weighted by Gasteiger charge is 2.10. The number of nitriles is 1. The predicted molar refractivity (Wildman–Crippen MR) is 130 cm³/mol. The highest BCUT2D eigenvalue weighted by molar-refractivity contribution is 5.85. The molecular weight excluding hydrogens is 412 g/mol. The Morgan fingerprint density at radius 2 is 1.79 bits per heavy atom. The standard InChI is InChI=1S/C27H24N4O2/c1-19-14-23(17-32-2)26(15-28)27(30-19)31-29-16-20-10-12-24(13-11-20)33-18-22-8-5-7-21-6-3-4-9-25(21)22/h3-14,16H,17-18H2,1-2H3,(H,30,31)/b29-16+. The zero-order valence-electron chi connectivity index (χ0n) is 18.6. The third-order valence-electron chi connectivity index (χ3n) is 5.18. The summed E-state index contributed by atoms with van der Waals surface area (Å²) >= 11 is 0. The van der Waals surface area contributed by atoms with E-state index in [1.165, 1.54) is 10.8 Å². The van der Waals surface area contributed by atoms with Gasteiger partial charge in [0.15, 0.2) is 5.82 Å². The summed E-state index contributed by atoms with van der Waals surface area (Å²) in [7, 11) is 1.59. The van der Waals surface area contributed by atoms with Crippen LogP contribution < -0.4 is 10.2 Å². The second kappa shape index (κ2) is 10.4. The van der Waals surface area contributed by atoms with Crippen molar-refractivity contribution in [1.82, 2.24) is 4.98 Å². The van der Waals surface area contributed by atoms with Crippen LogP contribution in [-0.4, -0.2) is 18.3 Å². The van der Waals surface area contributed by atoms with Crippen molar-refractivity contribution in [1.29, 1.82) is 5.26 Å². The second-order valence-electron chi connectivity index (χ2n) is 7.56. The zero-order chi connectivity index (χ0) is 23.0. The fraction of sp³-hybridized carbons (Fsp3) is 0.148. The summed E-state index contributed by atoms with van der Waals surface area (Å²) in [5, 5.41) is 16.2. The van der Waals surface area contributed by atoms with Gasteiger partial charge in [-0.15, -0.1) is 0 Å². The van der Waals surface area contributed by atoms with Gasteiger partial charge in [-0.1, -0.05) is 42.5 Å². The minimum Gasteiger partial charge on any atom is -0.489 e. The number of nitrogens with one attached hydrogen (secondary N) is 1. The van der Waals surface area contributed by atoms with Crippen LogP contribution in [0.25, 0.3) is 10.8 Å². The smallest absolute Gasteiger partial charge is 0.164 e. The molecule has 1 heterocycles. The zero-order valence-corrected chi connectivity index (χ0v) is 18.6. The van der Waals surface area contributed by atoms with Gasteiger partial charge in [0.1, 0.15) is 24.0 Å². The summed E-state index contributed by atoms with van der Waals surface area (Å²) in [6.45, 7) is 2.70. The number of benzene rings is 3. The molecule has 0 aliphatic carbocycles. The van der Waals surface area contributed by atoms with Crippen LogP contribution in [0.15, 0.2) is 77.9 Å². The molecule has 0 spiro atoms. The summed E-state index contributed by atoms with van der Waals surface area (Å²) in [6.07, 6.45) is 1.68. The minimum absolute atomic E-state index is 0.338. The average Bonchev–Trinajstić information content (AvgIpc) is 2.83. The van der Waals surface area contributed by atoms with Gasteiger partial charge in [0.25, 0.3) is 0 Å². The molecule has 4 rings (SSSR count). The van der Waals surface area contributed by atoms with Crippen molar-refractivity contribution in [2.24, 2.45) is 5.10 Å². The van der Waals surface area contributed by atoms with E-state index in [1.807, 2.05) is 55.5 Å². The Morgan fingerprint density at radius 1 is 1.00 bits per heavy atom. The van der Waals surface area contributed by atoms with Crippen LogP contribution in [-0.2, 0) is 18.0 Å². The van der Waals surface area contributed by atoms with Gasteiger partial charge in [0, 0.05) is 18.4 Å². The first-order valence-corrected chi connectivity index (χ1v) is 10.6. The maximum atomic E-state index is 9.50. The van der Waals surface area contributed by atoms with Crippen LogP contribution in [0.3, 0.4) is 0 Å². The van der Waals surface area contributed by atoms with Gasteiger partial charge in [-0.2, -0.15) is 10.4 Å². The molecular formula is C27H24N4O2. The maximum absolute atomic E-state index is 9.50. The number of aromatic nitrogens is 1. The number of anilines is 1. The number of nitrogens with zero attached hydrogens (tertiary/aromatic N) is 3. The van der Waals surface area contributed by atoms with Gasteiger partial charge < -0.3 is 9.47 Å². The van der Waals surface area contributed by atoms with Gasteiger partial charge in [-0.3, -0.25) is 5.43 Å². The molecule has 0 saturated heterocycles. The predicted octanol–water partition coefficient (Wildman–Crippen LogP) is 5.59. The van der Waals surface area contributed by atoms with Crippen molar-refractivity contribution in [2.75, 3.05) is 12.5 Å². The van der Waals surface area contributed by atoms with Crippen molar-refractivity contribution in [3.05, 3.63) is 101 Å². The Kier molecular flexibility index (Phi) is 6.93. The van der Waals surface area contributed by atoms with E-state index in [2.05, 4.69) is 45.8 Å². The number of hydrogen-bond donors (Lipinski definition) is 1. The van der Waals surface area contributed by atoms with E-state index in [4.69, 9.17) is 9.47 Å². The number of fused-ring (bicyclic) bond motifs is 1. The molecule has 164 valence electrons. The monoisotopic (exact) mass is 436 g/mol. The normalized spacial score (nSPS) is 10.9. The minimum atomic E-state index is 0.338. The molecule has 0 fully saturated rings. The van der Waals surface area contributed by atoms with Crippen LogP contribution >= 0.6 is 0 Å². The molecule has 0 aliphatic heterocycles. The lowest BCUT2D eigenvalue weighted by Crippen LogP contribution is -2.03. The number of pyridine rings is 1. The van der Waals surface area contributed by atoms with E-state index in [9.17, 15) is 5.26 Å². The van der Waals surface area contributed by atoms with E-state index in [0.717, 1.165) is 28.1 Å². The third kappa shape index (κ3) is 5.35. The Balaban J connectivity index is 1.40. The van der Waals surface area contributed by atoms with Crippen LogP contribution in [0.5, 0.6) is 5.75 Å². The first-order valence-electron chi connectivity index (χ1n) is 10.6. The Morgan fingerprint density at radius 3 is 2.58 bits per heavy atom. The Labute approximate surface area is 193 Å². The Hall–Kier alpha value is -4.21. The topological polar surface area (TPSA) is 79.5 Å². The van der Waals surface area contributed by atoms with E-state index < -0.39 is 0 Å². The molecule has 0 radical (unpaired) electrons. The lowest BCUT2D eigenvalue weighted by atomic mass is 10.1. The molecule has 0 atom stereocenters. The average molecular weight is 437 g/mol. The van der Waals surface area contributed by atoms with Gasteiger partial charge in [-0.05, 0) is 59.2 Å². The molecule has 0 amide bonds. The molecule has 1 N–H and O–H groups in total. The SMILES string of the molecule is COCc1cc(C)nc(N/N=C/c2ccc(OCc3cccc4ccccc34)cc2)c1C#N. The van der Waals surface area contributed by atoms with Crippen LogP contribution in [0, 0.1) is 18.3 Å². The summed E-state index contributed by atoms with van der Waals surface area (Å²) in [6, 6.07) is 26.2. The molecule has 0 bridgehead atoms. The van der Waals surface area contributed by atoms with E-state index in [0.29, 0.717) is 24.6 Å². The van der Waals surface area contributed by atoms with Crippen LogP contribution in [0.2, 0.25) is 0 Å². The van der Waals surface area contributed by atoms with E-state index in [1.54, 1.807) is 13.3 Å². The third-order valence-corrected chi connectivity index (χ3v) is 5.18. The van der Waals surface area contributed by atoms with Crippen LogP contribution in [0.4, 0.5) is 5.82 Å². The molecule has 33 heavy (non-hydrogen) atoms. The summed E-state index contributed by atoms with van der Waals surface area (Å²) < 4.78 is 11.2. The number of ether oxygens (including phenoxy) is 2.